The Bertz CT molecular complexity index is 730. The number of hydrogen-bond acceptors (Lipinski definition) is 3. The van der Waals surface area contributed by atoms with Crippen LogP contribution < -0.4 is 9.47 Å². The molecule has 1 aliphatic rings. The fourth-order valence-corrected chi connectivity index (χ4v) is 2.78. The van der Waals surface area contributed by atoms with E-state index in [-0.39, 0.29) is 17.6 Å². The predicted molar refractivity (Wildman–Crippen MR) is 89.3 cm³/mol. The molecule has 0 unspecified atom stereocenters. The van der Waals surface area contributed by atoms with Crippen LogP contribution in [0.3, 0.4) is 0 Å². The van der Waals surface area contributed by atoms with E-state index in [1.54, 1.807) is 35.2 Å². The van der Waals surface area contributed by atoms with Crippen LogP contribution in [0.5, 0.6) is 11.5 Å². The van der Waals surface area contributed by atoms with Crippen molar-refractivity contribution in [3.05, 3.63) is 58.9 Å². The number of ether oxygens (including phenoxy) is 2. The molecule has 0 spiro atoms. The summed E-state index contributed by atoms with van der Waals surface area (Å²) in [6.45, 7) is 1.70. The van der Waals surface area contributed by atoms with Gasteiger partial charge in [-0.2, -0.15) is 0 Å². The number of benzene rings is 2. The smallest absolute Gasteiger partial charge is 0.257 e. The van der Waals surface area contributed by atoms with Crippen LogP contribution in [0.2, 0.25) is 5.02 Å². The number of nitrogens with zero attached hydrogens (tertiary/aromatic N) is 1. The summed E-state index contributed by atoms with van der Waals surface area (Å²) in [5.41, 5.74) is 0.461. The highest BCUT2D eigenvalue weighted by Crippen LogP contribution is 2.27. The van der Waals surface area contributed by atoms with Gasteiger partial charge in [0.2, 0.25) is 0 Å². The van der Waals surface area contributed by atoms with Crippen molar-refractivity contribution in [3.8, 4) is 11.5 Å². The Kier molecular flexibility index (Phi) is 4.90. The molecule has 3 rings (SSSR count). The maximum Gasteiger partial charge on any atom is 0.257 e. The van der Waals surface area contributed by atoms with Crippen LogP contribution in [0.25, 0.3) is 0 Å². The summed E-state index contributed by atoms with van der Waals surface area (Å²) in [7, 11) is 1.52. The van der Waals surface area contributed by atoms with E-state index >= 15 is 0 Å². The first-order chi connectivity index (χ1) is 11.6. The molecule has 1 fully saturated rings. The van der Waals surface area contributed by atoms with Gasteiger partial charge >= 0.3 is 0 Å². The summed E-state index contributed by atoms with van der Waals surface area (Å²) in [6, 6.07) is 10.9. The van der Waals surface area contributed by atoms with E-state index in [1.807, 2.05) is 0 Å². The topological polar surface area (TPSA) is 38.8 Å². The molecule has 1 amide bonds. The minimum Gasteiger partial charge on any atom is -0.496 e. The average molecular weight is 350 g/mol. The number of hydrogen-bond donors (Lipinski definition) is 0. The SMILES string of the molecule is COc1ccc(Cl)cc1C(=O)N1CC(COc2ccc(F)cc2)C1. The van der Waals surface area contributed by atoms with E-state index in [0.29, 0.717) is 41.8 Å². The van der Waals surface area contributed by atoms with Crippen LogP contribution in [-0.2, 0) is 0 Å². The molecule has 0 bridgehead atoms. The fourth-order valence-electron chi connectivity index (χ4n) is 2.60. The maximum atomic E-state index is 12.8. The zero-order chi connectivity index (χ0) is 17.1. The lowest BCUT2D eigenvalue weighted by molar-refractivity contribution is 0.0390. The van der Waals surface area contributed by atoms with E-state index in [4.69, 9.17) is 21.1 Å². The molecule has 6 heteroatoms. The summed E-state index contributed by atoms with van der Waals surface area (Å²) in [4.78, 5) is 14.3. The van der Waals surface area contributed by atoms with Crippen molar-refractivity contribution in [1.29, 1.82) is 0 Å². The van der Waals surface area contributed by atoms with Crippen molar-refractivity contribution in [2.45, 2.75) is 0 Å². The third-order valence-corrected chi connectivity index (χ3v) is 4.17. The van der Waals surface area contributed by atoms with Gasteiger partial charge in [-0.15, -0.1) is 0 Å². The number of carbonyl (C=O) groups excluding carboxylic acids is 1. The van der Waals surface area contributed by atoms with Crippen LogP contribution in [0, 0.1) is 11.7 Å². The third-order valence-electron chi connectivity index (χ3n) is 3.94. The van der Waals surface area contributed by atoms with Crippen LogP contribution in [-0.4, -0.2) is 37.6 Å². The molecule has 0 saturated carbocycles. The highest BCUT2D eigenvalue weighted by atomic mass is 35.5. The fraction of sp³-hybridized carbons (Fsp3) is 0.278. The van der Waals surface area contributed by atoms with Gasteiger partial charge in [0.25, 0.3) is 5.91 Å². The van der Waals surface area contributed by atoms with Crippen molar-refractivity contribution >= 4 is 17.5 Å². The quantitative estimate of drug-likeness (QED) is 0.827. The number of carbonyl (C=O) groups is 1. The lowest BCUT2D eigenvalue weighted by Crippen LogP contribution is -2.52. The molecule has 1 aliphatic heterocycles. The molecular weight excluding hydrogens is 333 g/mol. The third kappa shape index (κ3) is 3.62. The van der Waals surface area contributed by atoms with Gasteiger partial charge in [-0.3, -0.25) is 4.79 Å². The molecule has 1 saturated heterocycles. The molecule has 0 radical (unpaired) electrons. The Hall–Kier alpha value is -2.27. The Labute approximate surface area is 144 Å². The molecule has 2 aromatic carbocycles. The van der Waals surface area contributed by atoms with Gasteiger partial charge < -0.3 is 14.4 Å². The molecule has 0 atom stereocenters. The van der Waals surface area contributed by atoms with Crippen LogP contribution >= 0.6 is 11.6 Å². The molecule has 0 aromatic heterocycles. The van der Waals surface area contributed by atoms with Gasteiger partial charge in [-0.05, 0) is 42.5 Å². The van der Waals surface area contributed by atoms with Gasteiger partial charge in [0, 0.05) is 24.0 Å². The van der Waals surface area contributed by atoms with Crippen LogP contribution in [0.15, 0.2) is 42.5 Å². The monoisotopic (exact) mass is 349 g/mol. The Morgan fingerprint density at radius 1 is 1.25 bits per heavy atom. The van der Waals surface area contributed by atoms with Gasteiger partial charge in [0.15, 0.2) is 0 Å². The van der Waals surface area contributed by atoms with Crippen molar-refractivity contribution in [3.63, 3.8) is 0 Å². The van der Waals surface area contributed by atoms with Crippen molar-refractivity contribution in [1.82, 2.24) is 4.90 Å². The molecule has 4 nitrogen and oxygen atoms in total. The summed E-state index contributed by atoms with van der Waals surface area (Å²) >= 11 is 5.97. The van der Waals surface area contributed by atoms with Crippen LogP contribution in [0.1, 0.15) is 10.4 Å². The Morgan fingerprint density at radius 2 is 1.96 bits per heavy atom. The highest BCUT2D eigenvalue weighted by Gasteiger charge is 2.33. The van der Waals surface area contributed by atoms with Gasteiger partial charge in [0.1, 0.15) is 17.3 Å². The normalized spacial score (nSPS) is 14.2. The second-order valence-electron chi connectivity index (χ2n) is 5.69. The second kappa shape index (κ2) is 7.09. The van der Waals surface area contributed by atoms with E-state index in [9.17, 15) is 9.18 Å². The number of methoxy groups -OCH3 is 1. The van der Waals surface area contributed by atoms with E-state index in [0.717, 1.165) is 0 Å². The molecule has 0 N–H and O–H groups in total. The highest BCUT2D eigenvalue weighted by molar-refractivity contribution is 6.31. The Morgan fingerprint density at radius 3 is 2.62 bits per heavy atom. The second-order valence-corrected chi connectivity index (χ2v) is 6.12. The molecule has 1 heterocycles. The molecule has 126 valence electrons. The van der Waals surface area contributed by atoms with Gasteiger partial charge in [-0.1, -0.05) is 11.6 Å². The number of likely N-dealkylation sites (tertiary alicyclic amines) is 1. The average Bonchev–Trinajstić information content (AvgIpc) is 2.54. The standard InChI is InChI=1S/C18H17ClFNO3/c1-23-17-7-2-13(19)8-16(17)18(22)21-9-12(10-21)11-24-15-5-3-14(20)4-6-15/h2-8,12H,9-11H2,1H3. The van der Waals surface area contributed by atoms with E-state index in [1.165, 1.54) is 19.2 Å². The lowest BCUT2D eigenvalue weighted by atomic mass is 9.99. The van der Waals surface area contributed by atoms with Crippen molar-refractivity contribution in [2.75, 3.05) is 26.8 Å². The Balaban J connectivity index is 1.53. The minimum absolute atomic E-state index is 0.104. The van der Waals surface area contributed by atoms with Gasteiger partial charge in [0.05, 0.1) is 19.3 Å². The first-order valence-corrected chi connectivity index (χ1v) is 7.96. The molecule has 0 aliphatic carbocycles. The zero-order valence-electron chi connectivity index (χ0n) is 13.2. The van der Waals surface area contributed by atoms with Crippen LogP contribution in [0.4, 0.5) is 4.39 Å². The lowest BCUT2D eigenvalue weighted by Gasteiger charge is -2.39. The van der Waals surface area contributed by atoms with Crippen molar-refractivity contribution < 1.29 is 18.7 Å². The summed E-state index contributed by atoms with van der Waals surface area (Å²) < 4.78 is 23.7. The predicted octanol–water partition coefficient (Wildman–Crippen LogP) is 3.64. The summed E-state index contributed by atoms with van der Waals surface area (Å²) in [6.07, 6.45) is 0. The first-order valence-electron chi connectivity index (χ1n) is 7.58. The zero-order valence-corrected chi connectivity index (χ0v) is 13.9. The number of rotatable bonds is 5. The molecular formula is C18H17ClFNO3. The van der Waals surface area contributed by atoms with E-state index < -0.39 is 0 Å². The maximum absolute atomic E-state index is 12.8. The summed E-state index contributed by atoms with van der Waals surface area (Å²) in [5, 5.41) is 0.496. The minimum atomic E-state index is -0.293. The van der Waals surface area contributed by atoms with Crippen molar-refractivity contribution in [2.24, 2.45) is 5.92 Å². The number of halogens is 2. The summed E-state index contributed by atoms with van der Waals surface area (Å²) in [5.74, 6) is 0.989. The first kappa shape index (κ1) is 16.6. The molecule has 2 aromatic rings. The van der Waals surface area contributed by atoms with Gasteiger partial charge in [-0.25, -0.2) is 4.39 Å². The largest absolute Gasteiger partial charge is 0.496 e. The molecule has 24 heavy (non-hydrogen) atoms. The number of amides is 1. The van der Waals surface area contributed by atoms with E-state index in [2.05, 4.69) is 0 Å².